The number of rotatable bonds is 3. The maximum absolute atomic E-state index is 12.3. The van der Waals surface area contributed by atoms with Gasteiger partial charge in [-0.3, -0.25) is 4.79 Å². The molecule has 1 aliphatic heterocycles. The smallest absolute Gasteiger partial charge is 0.396 e. The molecule has 1 saturated carbocycles. The number of amides is 1. The molecule has 0 bridgehead atoms. The second-order valence-electron chi connectivity index (χ2n) is 5.93. The van der Waals surface area contributed by atoms with Crippen LogP contribution in [0.15, 0.2) is 9.21 Å². The van der Waals surface area contributed by atoms with Gasteiger partial charge in [-0.15, -0.1) is 5.10 Å². The molecule has 2 atom stereocenters. The molecule has 0 spiro atoms. The zero-order chi connectivity index (χ0) is 14.3. The quantitative estimate of drug-likeness (QED) is 0.826. The fourth-order valence-electron chi connectivity index (χ4n) is 3.60. The lowest BCUT2D eigenvalue weighted by Crippen LogP contribution is -2.37. The Morgan fingerprint density at radius 3 is 3.00 bits per heavy atom. The average molecular weight is 281 g/mol. The zero-order valence-corrected chi connectivity index (χ0v) is 11.5. The molecule has 0 aromatic carbocycles. The normalized spacial score (nSPS) is 28.9. The van der Waals surface area contributed by atoms with Crippen molar-refractivity contribution in [1.29, 1.82) is 0 Å². The molecular weight excluding hydrogens is 262 g/mol. The molecule has 1 aliphatic carbocycles. The number of aryl methyl sites for hydroxylation is 1. The Balaban J connectivity index is 1.70. The summed E-state index contributed by atoms with van der Waals surface area (Å²) in [6, 6.07) is 0. The summed E-state index contributed by atoms with van der Waals surface area (Å²) in [5.41, 5.74) is -0.125. The van der Waals surface area contributed by atoms with Gasteiger partial charge in [0.2, 0.25) is 11.8 Å². The van der Waals surface area contributed by atoms with Crippen LogP contribution in [0.5, 0.6) is 0 Å². The van der Waals surface area contributed by atoms with Crippen LogP contribution in [0, 0.1) is 18.3 Å². The lowest BCUT2D eigenvalue weighted by atomic mass is 9.82. The van der Waals surface area contributed by atoms with Gasteiger partial charge in [-0.25, -0.2) is 4.79 Å². The van der Waals surface area contributed by atoms with Crippen molar-refractivity contribution in [1.82, 2.24) is 14.7 Å². The molecule has 7 heteroatoms. The number of likely N-dealkylation sites (tertiary alicyclic amines) is 1. The Labute approximate surface area is 116 Å². The predicted molar refractivity (Wildman–Crippen MR) is 68.9 cm³/mol. The van der Waals surface area contributed by atoms with Crippen LogP contribution in [0.25, 0.3) is 0 Å². The summed E-state index contributed by atoms with van der Waals surface area (Å²) >= 11 is 0. The van der Waals surface area contributed by atoms with E-state index in [-0.39, 0.29) is 30.4 Å². The van der Waals surface area contributed by atoms with Crippen LogP contribution < -0.4 is 5.76 Å². The standard InChI is InChI=1S/C13H19N3O4/c1-9-14-16(12(19)20-9)6-11(18)15-5-10-3-2-4-13(10,7-15)8-17/h10,17H,2-8H2,1H3/t10-,13+/m0/s1. The predicted octanol–water partition coefficient (Wildman–Crippen LogP) is -0.234. The van der Waals surface area contributed by atoms with Gasteiger partial charge >= 0.3 is 5.76 Å². The first kappa shape index (κ1) is 13.4. The van der Waals surface area contributed by atoms with E-state index >= 15 is 0 Å². The van der Waals surface area contributed by atoms with Crippen LogP contribution in [0.3, 0.4) is 0 Å². The highest BCUT2D eigenvalue weighted by Crippen LogP contribution is 2.48. The van der Waals surface area contributed by atoms with Gasteiger partial charge in [0, 0.05) is 25.4 Å². The van der Waals surface area contributed by atoms with E-state index in [1.165, 1.54) is 0 Å². The van der Waals surface area contributed by atoms with E-state index in [0.29, 0.717) is 19.0 Å². The van der Waals surface area contributed by atoms with Gasteiger partial charge in [-0.05, 0) is 18.8 Å². The van der Waals surface area contributed by atoms with Crippen LogP contribution >= 0.6 is 0 Å². The second kappa shape index (κ2) is 4.73. The third-order valence-electron chi connectivity index (χ3n) is 4.70. The van der Waals surface area contributed by atoms with E-state index in [9.17, 15) is 14.7 Å². The number of nitrogens with zero attached hydrogens (tertiary/aromatic N) is 3. The highest BCUT2D eigenvalue weighted by molar-refractivity contribution is 5.76. The number of hydrogen-bond acceptors (Lipinski definition) is 5. The Morgan fingerprint density at radius 2 is 2.40 bits per heavy atom. The fourth-order valence-corrected chi connectivity index (χ4v) is 3.60. The monoisotopic (exact) mass is 281 g/mol. The molecule has 20 heavy (non-hydrogen) atoms. The van der Waals surface area contributed by atoms with Crippen LogP contribution in [-0.2, 0) is 11.3 Å². The SMILES string of the molecule is Cc1nn(CC(=O)N2C[C@@H]3CCC[C@]3(CO)C2)c(=O)o1. The van der Waals surface area contributed by atoms with Gasteiger partial charge in [0.15, 0.2) is 0 Å². The highest BCUT2D eigenvalue weighted by atomic mass is 16.4. The van der Waals surface area contributed by atoms with Crippen LogP contribution in [0.2, 0.25) is 0 Å². The third-order valence-corrected chi connectivity index (χ3v) is 4.70. The second-order valence-corrected chi connectivity index (χ2v) is 5.93. The first-order chi connectivity index (χ1) is 9.54. The van der Waals surface area contributed by atoms with E-state index in [2.05, 4.69) is 5.10 Å². The fraction of sp³-hybridized carbons (Fsp3) is 0.769. The van der Waals surface area contributed by atoms with Gasteiger partial charge in [-0.2, -0.15) is 4.68 Å². The molecule has 2 aliphatic rings. The summed E-state index contributed by atoms with van der Waals surface area (Å²) in [4.78, 5) is 25.4. The van der Waals surface area contributed by atoms with Crippen molar-refractivity contribution >= 4 is 5.91 Å². The Bertz CT molecular complexity index is 578. The minimum Gasteiger partial charge on any atom is -0.396 e. The summed E-state index contributed by atoms with van der Waals surface area (Å²) in [5, 5.41) is 13.5. The molecule has 2 fully saturated rings. The van der Waals surface area contributed by atoms with Crippen molar-refractivity contribution in [3.8, 4) is 0 Å². The minimum atomic E-state index is -0.605. The number of hydrogen-bond donors (Lipinski definition) is 1. The van der Waals surface area contributed by atoms with Crippen molar-refractivity contribution in [2.24, 2.45) is 11.3 Å². The molecule has 0 radical (unpaired) electrons. The van der Waals surface area contributed by atoms with Gasteiger partial charge in [0.05, 0.1) is 6.61 Å². The number of aliphatic hydroxyl groups excluding tert-OH is 1. The van der Waals surface area contributed by atoms with Crippen molar-refractivity contribution in [2.75, 3.05) is 19.7 Å². The van der Waals surface area contributed by atoms with Gasteiger partial charge in [0.25, 0.3) is 0 Å². The molecule has 7 nitrogen and oxygen atoms in total. The molecule has 1 N–H and O–H groups in total. The highest BCUT2D eigenvalue weighted by Gasteiger charge is 2.50. The summed E-state index contributed by atoms with van der Waals surface area (Å²) in [6.07, 6.45) is 3.16. The van der Waals surface area contributed by atoms with Crippen molar-refractivity contribution in [3.05, 3.63) is 16.4 Å². The average Bonchev–Trinajstić information content (AvgIpc) is 3.02. The van der Waals surface area contributed by atoms with E-state index in [4.69, 9.17) is 4.42 Å². The number of fused-ring (bicyclic) bond motifs is 1. The molecule has 1 amide bonds. The first-order valence-electron chi connectivity index (χ1n) is 6.97. The zero-order valence-electron chi connectivity index (χ0n) is 11.5. The largest absolute Gasteiger partial charge is 0.437 e. The van der Waals surface area contributed by atoms with Gasteiger partial charge < -0.3 is 14.4 Å². The van der Waals surface area contributed by atoms with Crippen LogP contribution in [0.4, 0.5) is 0 Å². The summed E-state index contributed by atoms with van der Waals surface area (Å²) < 4.78 is 5.83. The Hall–Kier alpha value is -1.63. The maximum Gasteiger partial charge on any atom is 0.437 e. The Morgan fingerprint density at radius 1 is 1.60 bits per heavy atom. The van der Waals surface area contributed by atoms with Crippen molar-refractivity contribution < 1.29 is 14.3 Å². The lowest BCUT2D eigenvalue weighted by molar-refractivity contribution is -0.131. The molecular formula is C13H19N3O4. The minimum absolute atomic E-state index is 0.0929. The molecule has 1 aromatic heterocycles. The van der Waals surface area contributed by atoms with Crippen molar-refractivity contribution in [2.45, 2.75) is 32.7 Å². The van der Waals surface area contributed by atoms with E-state index < -0.39 is 5.76 Å². The summed E-state index contributed by atoms with van der Waals surface area (Å²) in [6.45, 7) is 2.86. The van der Waals surface area contributed by atoms with E-state index in [0.717, 1.165) is 23.9 Å². The van der Waals surface area contributed by atoms with Crippen LogP contribution in [0.1, 0.15) is 25.2 Å². The molecule has 3 rings (SSSR count). The van der Waals surface area contributed by atoms with E-state index in [1.807, 2.05) is 0 Å². The number of carbonyl (C=O) groups is 1. The van der Waals surface area contributed by atoms with Crippen LogP contribution in [-0.4, -0.2) is 45.4 Å². The topological polar surface area (TPSA) is 88.6 Å². The van der Waals surface area contributed by atoms with Gasteiger partial charge in [-0.1, -0.05) is 6.42 Å². The molecule has 110 valence electrons. The maximum atomic E-state index is 12.3. The lowest BCUT2D eigenvalue weighted by Gasteiger charge is -2.25. The van der Waals surface area contributed by atoms with Crippen molar-refractivity contribution in [3.63, 3.8) is 0 Å². The summed E-state index contributed by atoms with van der Waals surface area (Å²) in [5.74, 6) is -0.102. The Kier molecular flexibility index (Phi) is 3.16. The molecule has 1 aromatic rings. The molecule has 0 unspecified atom stereocenters. The van der Waals surface area contributed by atoms with E-state index in [1.54, 1.807) is 11.8 Å². The summed E-state index contributed by atoms with van der Waals surface area (Å²) in [7, 11) is 0. The molecule has 1 saturated heterocycles. The number of aliphatic hydroxyl groups is 1. The third kappa shape index (κ3) is 2.06. The number of aromatic nitrogens is 2. The number of carbonyl (C=O) groups excluding carboxylic acids is 1. The molecule has 2 heterocycles. The van der Waals surface area contributed by atoms with Gasteiger partial charge in [0.1, 0.15) is 6.54 Å². The first-order valence-corrected chi connectivity index (χ1v) is 6.97.